The van der Waals surface area contributed by atoms with Gasteiger partial charge >= 0.3 is 5.97 Å². The highest BCUT2D eigenvalue weighted by Gasteiger charge is 2.40. The first-order valence-corrected chi connectivity index (χ1v) is 15.6. The number of nitrogens with one attached hydrogen (secondary N) is 1. The molecule has 0 aliphatic rings. The largest absolute Gasteiger partial charge is 0.477 e. The van der Waals surface area contributed by atoms with Crippen molar-refractivity contribution in [1.29, 1.82) is 0 Å². The van der Waals surface area contributed by atoms with E-state index in [4.69, 9.17) is 4.43 Å². The Morgan fingerprint density at radius 2 is 1.71 bits per heavy atom. The summed E-state index contributed by atoms with van der Waals surface area (Å²) in [6.07, 6.45) is 1.30. The lowest BCUT2D eigenvalue weighted by atomic mass is 9.86. The number of anilines is 1. The zero-order valence-electron chi connectivity index (χ0n) is 23.4. The Morgan fingerprint density at radius 3 is 2.26 bits per heavy atom. The Labute approximate surface area is 223 Å². The second kappa shape index (κ2) is 10.6. The maximum atomic E-state index is 15.3. The molecule has 2 aromatic carbocycles. The summed E-state index contributed by atoms with van der Waals surface area (Å²) in [6.45, 7) is 17.4. The van der Waals surface area contributed by atoms with E-state index in [0.29, 0.717) is 12.1 Å². The highest BCUT2D eigenvalue weighted by Crippen LogP contribution is 2.40. The van der Waals surface area contributed by atoms with E-state index in [2.05, 4.69) is 39.2 Å². The van der Waals surface area contributed by atoms with E-state index < -0.39 is 30.9 Å². The van der Waals surface area contributed by atoms with E-state index in [1.807, 2.05) is 20.8 Å². The van der Waals surface area contributed by atoms with Crippen molar-refractivity contribution in [2.75, 3.05) is 11.9 Å². The van der Waals surface area contributed by atoms with E-state index in [9.17, 15) is 19.1 Å². The predicted octanol–water partition coefficient (Wildman–Crippen LogP) is 7.20. The molecule has 0 aliphatic carbocycles. The van der Waals surface area contributed by atoms with Crippen molar-refractivity contribution in [2.45, 2.75) is 72.3 Å². The van der Waals surface area contributed by atoms with Gasteiger partial charge in [0.05, 0.1) is 11.2 Å². The zero-order chi connectivity index (χ0) is 28.6. The first kappa shape index (κ1) is 29.5. The summed E-state index contributed by atoms with van der Waals surface area (Å²) in [6, 6.07) is 8.05. The predicted molar refractivity (Wildman–Crippen MR) is 150 cm³/mol. The number of hydrogen-bond donors (Lipinski definition) is 2. The smallest absolute Gasteiger partial charge is 0.341 e. The molecule has 0 radical (unpaired) electrons. The average molecular weight is 545 g/mol. The fraction of sp³-hybridized carbons (Fsp3) is 0.448. The van der Waals surface area contributed by atoms with Crippen LogP contribution in [0.25, 0.3) is 10.9 Å². The standard InChI is InChI=1S/C29H38F2N2O4Si/c1-18(29(5,6)17-37-38(7,8)28(2,3)4)33-16-22(27(35)36)26(34)21-13-24(23(31)14-25(21)33)32-15-19-9-11-20(30)12-10-19/h9-14,16,18,32H,15,17H2,1-8H3,(H,35,36). The summed E-state index contributed by atoms with van der Waals surface area (Å²) in [4.78, 5) is 25.1. The molecule has 3 rings (SSSR count). The van der Waals surface area contributed by atoms with Crippen molar-refractivity contribution in [3.05, 3.63) is 75.6 Å². The topological polar surface area (TPSA) is 80.6 Å². The lowest BCUT2D eigenvalue weighted by molar-refractivity contribution is 0.0693. The van der Waals surface area contributed by atoms with Gasteiger partial charge in [0.15, 0.2) is 8.32 Å². The van der Waals surface area contributed by atoms with Gasteiger partial charge in [-0.05, 0) is 48.8 Å². The molecule has 0 saturated heterocycles. The fourth-order valence-corrected chi connectivity index (χ4v) is 5.02. The van der Waals surface area contributed by atoms with E-state index in [0.717, 1.165) is 5.56 Å². The van der Waals surface area contributed by atoms with E-state index in [1.165, 1.54) is 30.5 Å². The number of nitrogens with zero attached hydrogens (tertiary/aromatic N) is 1. The molecule has 3 aromatic rings. The van der Waals surface area contributed by atoms with Crippen LogP contribution in [0.1, 0.15) is 63.5 Å². The second-order valence-corrected chi connectivity index (χ2v) is 16.9. The molecule has 38 heavy (non-hydrogen) atoms. The van der Waals surface area contributed by atoms with Crippen molar-refractivity contribution in [2.24, 2.45) is 5.41 Å². The Bertz CT molecular complexity index is 1390. The van der Waals surface area contributed by atoms with Gasteiger partial charge in [0.25, 0.3) is 0 Å². The molecule has 1 unspecified atom stereocenters. The number of fused-ring (bicyclic) bond motifs is 1. The van der Waals surface area contributed by atoms with Crippen molar-refractivity contribution in [1.82, 2.24) is 4.57 Å². The summed E-state index contributed by atoms with van der Waals surface area (Å²) >= 11 is 0. The Hall–Kier alpha value is -3.04. The Morgan fingerprint density at radius 1 is 1.11 bits per heavy atom. The molecular weight excluding hydrogens is 506 g/mol. The Balaban J connectivity index is 2.04. The van der Waals surface area contributed by atoms with Gasteiger partial charge in [-0.25, -0.2) is 13.6 Å². The van der Waals surface area contributed by atoms with Crippen molar-refractivity contribution in [3.8, 4) is 0 Å². The van der Waals surface area contributed by atoms with Gasteiger partial charge < -0.3 is 19.4 Å². The zero-order valence-corrected chi connectivity index (χ0v) is 24.4. The normalized spacial score (nSPS) is 13.5. The SMILES string of the molecule is CC(n1cc(C(=O)O)c(=O)c2cc(NCc3ccc(F)cc3)c(F)cc21)C(C)(C)CO[Si](C)(C)C(C)(C)C. The minimum Gasteiger partial charge on any atom is -0.477 e. The van der Waals surface area contributed by atoms with E-state index >= 15 is 4.39 Å². The molecular formula is C29H38F2N2O4Si. The van der Waals surface area contributed by atoms with Crippen LogP contribution in [0.15, 0.2) is 47.4 Å². The molecule has 0 bridgehead atoms. The van der Waals surface area contributed by atoms with Crippen LogP contribution in [0.2, 0.25) is 18.1 Å². The molecule has 0 aliphatic heterocycles. The third kappa shape index (κ3) is 6.15. The van der Waals surface area contributed by atoms with Crippen LogP contribution >= 0.6 is 0 Å². The number of aromatic nitrogens is 1. The number of halogens is 2. The molecule has 0 spiro atoms. The van der Waals surface area contributed by atoms with Gasteiger partial charge in [0, 0.05) is 42.3 Å². The summed E-state index contributed by atoms with van der Waals surface area (Å²) in [7, 11) is -2.05. The summed E-state index contributed by atoms with van der Waals surface area (Å²) in [5.41, 5.74) is -0.459. The van der Waals surface area contributed by atoms with Crippen molar-refractivity contribution < 1.29 is 23.1 Å². The molecule has 206 valence electrons. The quantitative estimate of drug-likeness (QED) is 0.279. The van der Waals surface area contributed by atoms with Gasteiger partial charge in [0.1, 0.15) is 17.2 Å². The maximum Gasteiger partial charge on any atom is 0.341 e. The molecule has 0 amide bonds. The third-order valence-corrected chi connectivity index (χ3v) is 12.4. The number of pyridine rings is 1. The first-order chi connectivity index (χ1) is 17.4. The highest BCUT2D eigenvalue weighted by atomic mass is 28.4. The number of hydrogen-bond acceptors (Lipinski definition) is 4. The summed E-state index contributed by atoms with van der Waals surface area (Å²) in [5, 5.41) is 12.8. The van der Waals surface area contributed by atoms with Crippen molar-refractivity contribution >= 4 is 30.9 Å². The fourth-order valence-electron chi connectivity index (χ4n) is 3.86. The van der Waals surface area contributed by atoms with Crippen LogP contribution < -0.4 is 10.7 Å². The molecule has 6 nitrogen and oxygen atoms in total. The minimum atomic E-state index is -2.05. The van der Waals surface area contributed by atoms with Crippen LogP contribution in [-0.2, 0) is 11.0 Å². The van der Waals surface area contributed by atoms with Gasteiger partial charge in [0.2, 0.25) is 5.43 Å². The Kier molecular flexibility index (Phi) is 8.24. The molecule has 1 aromatic heterocycles. The van der Waals surface area contributed by atoms with Gasteiger partial charge in [-0.2, -0.15) is 0 Å². The van der Waals surface area contributed by atoms with Crippen LogP contribution in [-0.4, -0.2) is 30.6 Å². The average Bonchev–Trinajstić information content (AvgIpc) is 2.82. The molecule has 0 saturated carbocycles. The molecule has 2 N–H and O–H groups in total. The van der Waals surface area contributed by atoms with E-state index in [-0.39, 0.29) is 40.1 Å². The van der Waals surface area contributed by atoms with Gasteiger partial charge in [-0.15, -0.1) is 0 Å². The lowest BCUT2D eigenvalue weighted by Crippen LogP contribution is -2.44. The number of benzene rings is 2. The summed E-state index contributed by atoms with van der Waals surface area (Å²) < 4.78 is 36.6. The van der Waals surface area contributed by atoms with Crippen LogP contribution in [0, 0.1) is 17.0 Å². The van der Waals surface area contributed by atoms with E-state index in [1.54, 1.807) is 16.7 Å². The monoisotopic (exact) mass is 544 g/mol. The van der Waals surface area contributed by atoms with Crippen molar-refractivity contribution in [3.63, 3.8) is 0 Å². The van der Waals surface area contributed by atoms with Gasteiger partial charge in [-0.3, -0.25) is 4.79 Å². The maximum absolute atomic E-state index is 15.3. The molecule has 0 fully saturated rings. The summed E-state index contributed by atoms with van der Waals surface area (Å²) in [5.74, 6) is -2.31. The number of carboxylic acids is 1. The number of carbonyl (C=O) groups is 1. The number of carboxylic acid groups (broad SMARTS) is 1. The second-order valence-electron chi connectivity index (χ2n) is 12.1. The minimum absolute atomic E-state index is 0.0211. The van der Waals surface area contributed by atoms with Gasteiger partial charge in [-0.1, -0.05) is 46.8 Å². The molecule has 1 atom stereocenters. The first-order valence-electron chi connectivity index (χ1n) is 12.7. The highest BCUT2D eigenvalue weighted by molar-refractivity contribution is 6.74. The lowest BCUT2D eigenvalue weighted by Gasteiger charge is -2.41. The number of rotatable bonds is 9. The van der Waals surface area contributed by atoms with Crippen LogP contribution in [0.3, 0.4) is 0 Å². The molecule has 9 heteroatoms. The van der Waals surface area contributed by atoms with Crippen LogP contribution in [0.4, 0.5) is 14.5 Å². The third-order valence-electron chi connectivity index (χ3n) is 7.91. The number of aromatic carboxylic acids is 1. The molecule has 1 heterocycles. The van der Waals surface area contributed by atoms with Crippen LogP contribution in [0.5, 0.6) is 0 Å².